The monoisotopic (exact) mass is 356 g/mol. The molecule has 0 fully saturated rings. The summed E-state index contributed by atoms with van der Waals surface area (Å²) in [7, 11) is 1.57. The number of ether oxygens (including phenoxy) is 3. The number of nitrogens with one attached hydrogen (secondary N) is 1. The Bertz CT molecular complexity index is 774. The number of carbonyl (C=O) groups excluding carboxylic acids is 1. The van der Waals surface area contributed by atoms with Gasteiger partial charge >= 0.3 is 0 Å². The molecule has 1 atom stereocenters. The Morgan fingerprint density at radius 2 is 2.04 bits per heavy atom. The van der Waals surface area contributed by atoms with Crippen molar-refractivity contribution in [1.82, 2.24) is 5.43 Å². The van der Waals surface area contributed by atoms with Crippen molar-refractivity contribution < 1.29 is 19.0 Å². The SMILES string of the molecule is CCOc1ccc(C=NNC(=O)C(C)Oc2cccc(C)c2)cc1OC. The molecule has 0 aliphatic carbocycles. The average Bonchev–Trinajstić information content (AvgIpc) is 2.62. The lowest BCUT2D eigenvalue weighted by Gasteiger charge is -2.13. The van der Waals surface area contributed by atoms with Crippen molar-refractivity contribution in [3.63, 3.8) is 0 Å². The summed E-state index contributed by atoms with van der Waals surface area (Å²) in [4.78, 5) is 12.1. The second-order valence-electron chi connectivity index (χ2n) is 5.65. The number of benzene rings is 2. The maximum atomic E-state index is 12.1. The minimum Gasteiger partial charge on any atom is -0.493 e. The van der Waals surface area contributed by atoms with Gasteiger partial charge in [0.15, 0.2) is 17.6 Å². The number of rotatable bonds is 8. The highest BCUT2D eigenvalue weighted by molar-refractivity contribution is 5.84. The second-order valence-corrected chi connectivity index (χ2v) is 5.65. The van der Waals surface area contributed by atoms with Gasteiger partial charge in [-0.1, -0.05) is 12.1 Å². The van der Waals surface area contributed by atoms with Gasteiger partial charge in [0.1, 0.15) is 5.75 Å². The molecule has 2 rings (SSSR count). The van der Waals surface area contributed by atoms with E-state index in [2.05, 4.69) is 10.5 Å². The molecule has 2 aromatic rings. The third-order valence-electron chi connectivity index (χ3n) is 3.55. The lowest BCUT2D eigenvalue weighted by Crippen LogP contribution is -2.33. The molecule has 0 spiro atoms. The van der Waals surface area contributed by atoms with Gasteiger partial charge < -0.3 is 14.2 Å². The Morgan fingerprint density at radius 3 is 2.73 bits per heavy atom. The third kappa shape index (κ3) is 5.51. The third-order valence-corrected chi connectivity index (χ3v) is 3.55. The zero-order valence-electron chi connectivity index (χ0n) is 15.5. The first-order chi connectivity index (χ1) is 12.5. The van der Waals surface area contributed by atoms with Crippen molar-refractivity contribution in [2.24, 2.45) is 5.10 Å². The van der Waals surface area contributed by atoms with Gasteiger partial charge in [-0.15, -0.1) is 0 Å². The van der Waals surface area contributed by atoms with E-state index in [-0.39, 0.29) is 5.91 Å². The van der Waals surface area contributed by atoms with Gasteiger partial charge in [0.05, 0.1) is 19.9 Å². The Kier molecular flexibility index (Phi) is 7.02. The molecule has 0 bridgehead atoms. The summed E-state index contributed by atoms with van der Waals surface area (Å²) in [6.45, 7) is 6.10. The van der Waals surface area contributed by atoms with Crippen molar-refractivity contribution in [2.75, 3.05) is 13.7 Å². The first-order valence-electron chi connectivity index (χ1n) is 8.40. The first-order valence-corrected chi connectivity index (χ1v) is 8.40. The number of hydrogen-bond donors (Lipinski definition) is 1. The number of hydrazone groups is 1. The quantitative estimate of drug-likeness (QED) is 0.582. The van der Waals surface area contributed by atoms with E-state index in [0.717, 1.165) is 11.1 Å². The van der Waals surface area contributed by atoms with E-state index >= 15 is 0 Å². The van der Waals surface area contributed by atoms with E-state index in [4.69, 9.17) is 14.2 Å². The normalized spacial score (nSPS) is 11.8. The molecule has 0 aliphatic rings. The topological polar surface area (TPSA) is 69.2 Å². The molecule has 26 heavy (non-hydrogen) atoms. The summed E-state index contributed by atoms with van der Waals surface area (Å²) in [5.74, 6) is 1.59. The summed E-state index contributed by atoms with van der Waals surface area (Å²) < 4.78 is 16.4. The van der Waals surface area contributed by atoms with Gasteiger partial charge in [0.25, 0.3) is 5.91 Å². The second kappa shape index (κ2) is 9.46. The standard InChI is InChI=1S/C20H24N2O4/c1-5-25-18-10-9-16(12-19(18)24-4)13-21-22-20(23)15(3)26-17-8-6-7-14(2)11-17/h6-13,15H,5H2,1-4H3,(H,22,23). The van der Waals surface area contributed by atoms with Crippen molar-refractivity contribution >= 4 is 12.1 Å². The predicted molar refractivity (Wildman–Crippen MR) is 101 cm³/mol. The summed E-state index contributed by atoms with van der Waals surface area (Å²) >= 11 is 0. The molecule has 1 N–H and O–H groups in total. The summed E-state index contributed by atoms with van der Waals surface area (Å²) in [6.07, 6.45) is 0.874. The number of nitrogens with zero attached hydrogens (tertiary/aromatic N) is 1. The fourth-order valence-electron chi connectivity index (χ4n) is 2.25. The van der Waals surface area contributed by atoms with Crippen LogP contribution in [0.2, 0.25) is 0 Å². The Hall–Kier alpha value is -3.02. The Labute approximate surface area is 153 Å². The highest BCUT2D eigenvalue weighted by atomic mass is 16.5. The molecule has 0 heterocycles. The van der Waals surface area contributed by atoms with Crippen molar-refractivity contribution in [3.05, 3.63) is 53.6 Å². The molecule has 6 heteroatoms. The van der Waals surface area contributed by atoms with Gasteiger partial charge in [0, 0.05) is 0 Å². The van der Waals surface area contributed by atoms with E-state index in [1.165, 1.54) is 6.21 Å². The van der Waals surface area contributed by atoms with Gasteiger partial charge in [-0.2, -0.15) is 5.10 Å². The number of amides is 1. The molecule has 0 aromatic heterocycles. The average molecular weight is 356 g/mol. The number of methoxy groups -OCH3 is 1. The van der Waals surface area contributed by atoms with Crippen molar-refractivity contribution in [2.45, 2.75) is 26.9 Å². The molecular formula is C20H24N2O4. The lowest BCUT2D eigenvalue weighted by atomic mass is 10.2. The number of carbonyl (C=O) groups is 1. The maximum absolute atomic E-state index is 12.1. The minimum atomic E-state index is -0.663. The fraction of sp³-hybridized carbons (Fsp3) is 0.300. The van der Waals surface area contributed by atoms with Crippen LogP contribution in [-0.2, 0) is 4.79 Å². The van der Waals surface area contributed by atoms with Crippen LogP contribution >= 0.6 is 0 Å². The summed E-state index contributed by atoms with van der Waals surface area (Å²) in [5, 5.41) is 3.97. The highest BCUT2D eigenvalue weighted by Gasteiger charge is 2.13. The molecule has 1 amide bonds. The van der Waals surface area contributed by atoms with Gasteiger partial charge in [-0.3, -0.25) is 4.79 Å². The Morgan fingerprint density at radius 1 is 1.23 bits per heavy atom. The molecular weight excluding hydrogens is 332 g/mol. The van der Waals surface area contributed by atoms with Gasteiger partial charge in [0.2, 0.25) is 0 Å². The van der Waals surface area contributed by atoms with Crippen LogP contribution < -0.4 is 19.6 Å². The predicted octanol–water partition coefficient (Wildman–Crippen LogP) is 3.32. The van der Waals surface area contributed by atoms with Gasteiger partial charge in [-0.25, -0.2) is 5.43 Å². The lowest BCUT2D eigenvalue weighted by molar-refractivity contribution is -0.127. The molecule has 6 nitrogen and oxygen atoms in total. The molecule has 0 aliphatic heterocycles. The molecule has 2 aromatic carbocycles. The smallest absolute Gasteiger partial charge is 0.280 e. The largest absolute Gasteiger partial charge is 0.493 e. The van der Waals surface area contributed by atoms with Crippen LogP contribution in [0.4, 0.5) is 0 Å². The van der Waals surface area contributed by atoms with E-state index in [0.29, 0.717) is 23.9 Å². The van der Waals surface area contributed by atoms with Crippen LogP contribution in [0.1, 0.15) is 25.0 Å². The van der Waals surface area contributed by atoms with Crippen LogP contribution in [-0.4, -0.2) is 31.9 Å². The van der Waals surface area contributed by atoms with Crippen LogP contribution in [0.15, 0.2) is 47.6 Å². The highest BCUT2D eigenvalue weighted by Crippen LogP contribution is 2.27. The molecule has 1 unspecified atom stereocenters. The summed E-state index contributed by atoms with van der Waals surface area (Å²) in [5.41, 5.74) is 4.32. The zero-order chi connectivity index (χ0) is 18.9. The van der Waals surface area contributed by atoms with Crippen LogP contribution in [0, 0.1) is 6.92 Å². The van der Waals surface area contributed by atoms with Crippen LogP contribution in [0.3, 0.4) is 0 Å². The van der Waals surface area contributed by atoms with Crippen molar-refractivity contribution in [1.29, 1.82) is 0 Å². The fourth-order valence-corrected chi connectivity index (χ4v) is 2.25. The van der Waals surface area contributed by atoms with Crippen molar-refractivity contribution in [3.8, 4) is 17.2 Å². The van der Waals surface area contributed by atoms with Crippen LogP contribution in [0.5, 0.6) is 17.2 Å². The van der Waals surface area contributed by atoms with E-state index in [9.17, 15) is 4.79 Å². The Balaban J connectivity index is 1.93. The molecule has 138 valence electrons. The van der Waals surface area contributed by atoms with Gasteiger partial charge in [-0.05, 0) is 62.2 Å². The van der Waals surface area contributed by atoms with E-state index in [1.54, 1.807) is 26.2 Å². The first kappa shape index (κ1) is 19.3. The van der Waals surface area contributed by atoms with Crippen LogP contribution in [0.25, 0.3) is 0 Å². The zero-order valence-corrected chi connectivity index (χ0v) is 15.5. The molecule has 0 saturated carbocycles. The molecule has 0 radical (unpaired) electrons. The number of hydrogen-bond acceptors (Lipinski definition) is 5. The summed E-state index contributed by atoms with van der Waals surface area (Å²) in [6, 6.07) is 12.9. The maximum Gasteiger partial charge on any atom is 0.280 e. The minimum absolute atomic E-state index is 0.333. The van der Waals surface area contributed by atoms with E-state index < -0.39 is 6.10 Å². The van der Waals surface area contributed by atoms with E-state index in [1.807, 2.05) is 44.2 Å². The molecule has 0 saturated heterocycles. The number of aryl methyl sites for hydroxylation is 1.